The van der Waals surface area contributed by atoms with Crippen LogP contribution in [0, 0.1) is 0 Å². The molecule has 1 aliphatic rings. The Hall–Kier alpha value is -1.51. The molecule has 0 unspecified atom stereocenters. The van der Waals surface area contributed by atoms with E-state index >= 15 is 0 Å². The van der Waals surface area contributed by atoms with Crippen LogP contribution in [0.5, 0.6) is 0 Å². The normalized spacial score (nSPS) is 19.7. The second-order valence-electron chi connectivity index (χ2n) is 5.70. The number of aromatic nitrogens is 3. The van der Waals surface area contributed by atoms with Gasteiger partial charge in [0.15, 0.2) is 5.65 Å². The van der Waals surface area contributed by atoms with E-state index in [0.29, 0.717) is 26.2 Å². The molecule has 0 N–H and O–H groups in total. The highest BCUT2D eigenvalue weighted by Crippen LogP contribution is 2.30. The maximum atomic E-state index is 12.1. The van der Waals surface area contributed by atoms with Gasteiger partial charge in [-0.1, -0.05) is 0 Å². The Morgan fingerprint density at radius 2 is 2.26 bits per heavy atom. The molecule has 7 nitrogen and oxygen atoms in total. The maximum absolute atomic E-state index is 12.1. The van der Waals surface area contributed by atoms with Gasteiger partial charge < -0.3 is 9.30 Å². The van der Waals surface area contributed by atoms with Crippen LogP contribution in [0.25, 0.3) is 11.2 Å². The molecule has 1 saturated heterocycles. The lowest BCUT2D eigenvalue weighted by molar-refractivity contribution is 0.187. The summed E-state index contributed by atoms with van der Waals surface area (Å²) in [6.07, 6.45) is 2.54. The zero-order chi connectivity index (χ0) is 16.4. The molecule has 2 aromatic heterocycles. The molecule has 8 heteroatoms. The number of ether oxygens (including phenoxy) is 1. The molecule has 0 saturated carbocycles. The summed E-state index contributed by atoms with van der Waals surface area (Å²) in [5, 5.41) is 0. The lowest BCUT2D eigenvalue weighted by Crippen LogP contribution is -2.30. The Bertz CT molecular complexity index is 787. The molecule has 0 aliphatic carbocycles. The summed E-state index contributed by atoms with van der Waals surface area (Å²) in [6.45, 7) is 3.96. The van der Waals surface area contributed by atoms with E-state index in [1.807, 2.05) is 12.1 Å². The number of sulfonamides is 1. The minimum absolute atomic E-state index is 0.0994. The zero-order valence-electron chi connectivity index (χ0n) is 13.5. The number of hydrogen-bond donors (Lipinski definition) is 0. The van der Waals surface area contributed by atoms with E-state index in [4.69, 9.17) is 9.72 Å². The van der Waals surface area contributed by atoms with Gasteiger partial charge in [0.2, 0.25) is 10.0 Å². The Balaban J connectivity index is 1.93. The van der Waals surface area contributed by atoms with Crippen molar-refractivity contribution in [1.82, 2.24) is 18.8 Å². The molecule has 0 radical (unpaired) electrons. The molecule has 0 bridgehead atoms. The van der Waals surface area contributed by atoms with Crippen LogP contribution in [0.2, 0.25) is 0 Å². The van der Waals surface area contributed by atoms with Crippen LogP contribution in [0.15, 0.2) is 18.3 Å². The number of methoxy groups -OCH3 is 1. The fourth-order valence-corrected chi connectivity index (χ4v) is 4.22. The minimum Gasteiger partial charge on any atom is -0.383 e. The van der Waals surface area contributed by atoms with Crippen LogP contribution < -0.4 is 0 Å². The van der Waals surface area contributed by atoms with Crippen molar-refractivity contribution in [1.29, 1.82) is 0 Å². The fourth-order valence-electron chi connectivity index (χ4n) is 3.06. The molecule has 0 amide bonds. The first-order chi connectivity index (χ1) is 11.1. The van der Waals surface area contributed by atoms with E-state index in [1.54, 1.807) is 24.5 Å². The Kier molecular flexibility index (Phi) is 4.65. The van der Waals surface area contributed by atoms with Gasteiger partial charge in [0.05, 0.1) is 12.4 Å². The van der Waals surface area contributed by atoms with Crippen LogP contribution in [0.3, 0.4) is 0 Å². The van der Waals surface area contributed by atoms with Gasteiger partial charge in [-0.3, -0.25) is 0 Å². The quantitative estimate of drug-likeness (QED) is 0.791. The molecular formula is C15H22N4O3S. The van der Waals surface area contributed by atoms with Gasteiger partial charge >= 0.3 is 0 Å². The number of rotatable bonds is 6. The highest BCUT2D eigenvalue weighted by atomic mass is 32.2. The Labute approximate surface area is 136 Å². The summed E-state index contributed by atoms with van der Waals surface area (Å²) in [5.41, 5.74) is 1.67. The maximum Gasteiger partial charge on any atom is 0.213 e. The van der Waals surface area contributed by atoms with Gasteiger partial charge in [-0.25, -0.2) is 22.7 Å². The van der Waals surface area contributed by atoms with Crippen molar-refractivity contribution in [3.8, 4) is 0 Å². The number of hydrogen-bond acceptors (Lipinski definition) is 5. The van der Waals surface area contributed by atoms with Crippen LogP contribution in [-0.4, -0.2) is 59.8 Å². The standard InChI is InChI=1S/C15H22N4O3S/c1-3-23(20,21)18-8-6-12(11-18)14-17-13-5-4-7-16-15(13)19(14)9-10-22-2/h4-5,7,12H,3,6,8-11H2,1-2H3/t12-/m1/s1. The molecule has 3 rings (SSSR count). The largest absolute Gasteiger partial charge is 0.383 e. The summed E-state index contributed by atoms with van der Waals surface area (Å²) < 4.78 is 33.0. The molecule has 2 aromatic rings. The molecule has 1 fully saturated rings. The SMILES string of the molecule is CCS(=O)(=O)N1CC[C@@H](c2nc3cccnc3n2CCOC)C1. The topological polar surface area (TPSA) is 77.3 Å². The molecule has 3 heterocycles. The third-order valence-electron chi connectivity index (χ3n) is 4.33. The number of nitrogens with zero attached hydrogens (tertiary/aromatic N) is 4. The zero-order valence-corrected chi connectivity index (χ0v) is 14.3. The van der Waals surface area contributed by atoms with E-state index in [9.17, 15) is 8.42 Å². The molecule has 0 spiro atoms. The van der Waals surface area contributed by atoms with Crippen molar-refractivity contribution < 1.29 is 13.2 Å². The van der Waals surface area contributed by atoms with Crippen molar-refractivity contribution in [2.75, 3.05) is 32.6 Å². The predicted octanol–water partition coefficient (Wildman–Crippen LogP) is 1.22. The number of imidazole rings is 1. The Morgan fingerprint density at radius 3 is 3.00 bits per heavy atom. The first-order valence-corrected chi connectivity index (χ1v) is 9.45. The average Bonchev–Trinajstić information content (AvgIpc) is 3.18. The van der Waals surface area contributed by atoms with Gasteiger partial charge in [-0.15, -0.1) is 0 Å². The van der Waals surface area contributed by atoms with Crippen LogP contribution in [0.4, 0.5) is 0 Å². The van der Waals surface area contributed by atoms with Crippen LogP contribution in [0.1, 0.15) is 25.1 Å². The highest BCUT2D eigenvalue weighted by molar-refractivity contribution is 7.89. The molecule has 23 heavy (non-hydrogen) atoms. The summed E-state index contributed by atoms with van der Waals surface area (Å²) in [4.78, 5) is 9.14. The van der Waals surface area contributed by atoms with Gasteiger partial charge in [0, 0.05) is 38.9 Å². The van der Waals surface area contributed by atoms with Crippen molar-refractivity contribution >= 4 is 21.2 Å². The van der Waals surface area contributed by atoms with Crippen molar-refractivity contribution in [2.45, 2.75) is 25.8 Å². The number of pyridine rings is 1. The van der Waals surface area contributed by atoms with E-state index in [2.05, 4.69) is 9.55 Å². The van der Waals surface area contributed by atoms with E-state index in [-0.39, 0.29) is 11.7 Å². The van der Waals surface area contributed by atoms with Gasteiger partial charge in [0.1, 0.15) is 11.3 Å². The van der Waals surface area contributed by atoms with E-state index < -0.39 is 10.0 Å². The second kappa shape index (κ2) is 6.54. The summed E-state index contributed by atoms with van der Waals surface area (Å²) in [5.74, 6) is 1.15. The van der Waals surface area contributed by atoms with Crippen molar-refractivity contribution in [2.24, 2.45) is 0 Å². The highest BCUT2D eigenvalue weighted by Gasteiger charge is 2.33. The first kappa shape index (κ1) is 16.4. The summed E-state index contributed by atoms with van der Waals surface area (Å²) >= 11 is 0. The predicted molar refractivity (Wildman–Crippen MR) is 87.8 cm³/mol. The van der Waals surface area contributed by atoms with Crippen molar-refractivity contribution in [3.05, 3.63) is 24.2 Å². The number of fused-ring (bicyclic) bond motifs is 1. The molecular weight excluding hydrogens is 316 g/mol. The molecule has 0 aromatic carbocycles. The smallest absolute Gasteiger partial charge is 0.213 e. The van der Waals surface area contributed by atoms with E-state index in [0.717, 1.165) is 23.4 Å². The molecule has 126 valence electrons. The van der Waals surface area contributed by atoms with Crippen molar-refractivity contribution in [3.63, 3.8) is 0 Å². The minimum atomic E-state index is -3.14. The lowest BCUT2D eigenvalue weighted by Gasteiger charge is -2.16. The fraction of sp³-hybridized carbons (Fsp3) is 0.600. The molecule has 1 atom stereocenters. The third kappa shape index (κ3) is 3.11. The first-order valence-electron chi connectivity index (χ1n) is 7.84. The Morgan fingerprint density at radius 1 is 1.43 bits per heavy atom. The summed E-state index contributed by atoms with van der Waals surface area (Å²) in [7, 11) is -1.48. The van der Waals surface area contributed by atoms with Crippen LogP contribution >= 0.6 is 0 Å². The monoisotopic (exact) mass is 338 g/mol. The van der Waals surface area contributed by atoms with E-state index in [1.165, 1.54) is 0 Å². The second-order valence-corrected chi connectivity index (χ2v) is 7.96. The van der Waals surface area contributed by atoms with Gasteiger partial charge in [0.25, 0.3) is 0 Å². The van der Waals surface area contributed by atoms with Gasteiger partial charge in [-0.2, -0.15) is 0 Å². The third-order valence-corrected chi connectivity index (χ3v) is 6.17. The van der Waals surface area contributed by atoms with Crippen LogP contribution in [-0.2, 0) is 21.3 Å². The molecule has 1 aliphatic heterocycles. The lowest BCUT2D eigenvalue weighted by atomic mass is 10.1. The average molecular weight is 338 g/mol. The summed E-state index contributed by atoms with van der Waals surface area (Å²) in [6, 6.07) is 3.80. The van der Waals surface area contributed by atoms with Gasteiger partial charge in [-0.05, 0) is 25.5 Å².